The van der Waals surface area contributed by atoms with E-state index in [0.29, 0.717) is 17.1 Å². The lowest BCUT2D eigenvalue weighted by molar-refractivity contribution is 0.600. The molecule has 0 atom stereocenters. The molecular weight excluding hydrogens is 290 g/mol. The van der Waals surface area contributed by atoms with Gasteiger partial charge in [-0.25, -0.2) is 13.4 Å². The Balaban J connectivity index is 2.01. The van der Waals surface area contributed by atoms with Crippen molar-refractivity contribution in [3.63, 3.8) is 0 Å². The molecule has 21 heavy (non-hydrogen) atoms. The Morgan fingerprint density at radius 1 is 1.19 bits per heavy atom. The summed E-state index contributed by atoms with van der Waals surface area (Å²) >= 11 is 0. The third-order valence-electron chi connectivity index (χ3n) is 3.18. The van der Waals surface area contributed by atoms with E-state index in [1.54, 1.807) is 32.0 Å². The number of fused-ring (bicyclic) bond motifs is 1. The molecule has 0 amide bonds. The van der Waals surface area contributed by atoms with Crippen LogP contribution in [0, 0.1) is 20.8 Å². The highest BCUT2D eigenvalue weighted by Crippen LogP contribution is 2.23. The molecule has 0 bridgehead atoms. The Bertz CT molecular complexity index is 904. The van der Waals surface area contributed by atoms with Gasteiger partial charge >= 0.3 is 0 Å². The number of sulfonamides is 1. The average molecular weight is 305 g/mol. The van der Waals surface area contributed by atoms with Crippen LogP contribution in [0.15, 0.2) is 23.1 Å². The molecule has 110 valence electrons. The van der Waals surface area contributed by atoms with Crippen molar-refractivity contribution in [3.05, 3.63) is 35.4 Å². The van der Waals surface area contributed by atoms with Crippen LogP contribution in [0.4, 0.5) is 5.69 Å². The fraction of sp³-hybridized carbons (Fsp3) is 0.231. The number of imidazole rings is 1. The Hall–Kier alpha value is -2.35. The van der Waals surface area contributed by atoms with E-state index in [2.05, 4.69) is 24.9 Å². The standard InChI is InChI=1S/C13H15N5O2S/c1-7-13(8(2)17-16-7)21(19,20)18-10-4-5-11-12(6-10)15-9(3)14-11/h4-6,18H,1-3H3,(H,14,15)(H,16,17). The van der Waals surface area contributed by atoms with Crippen LogP contribution in [0.5, 0.6) is 0 Å². The first-order valence-electron chi connectivity index (χ1n) is 6.37. The SMILES string of the molecule is Cc1nc2ccc(NS(=O)(=O)c3c(C)n[nH]c3C)cc2[nH]1. The van der Waals surface area contributed by atoms with Gasteiger partial charge in [0, 0.05) is 0 Å². The second-order valence-corrected chi connectivity index (χ2v) is 6.54. The summed E-state index contributed by atoms with van der Waals surface area (Å²) in [6.45, 7) is 5.18. The summed E-state index contributed by atoms with van der Waals surface area (Å²) in [5, 5.41) is 6.59. The molecule has 0 saturated carbocycles. The maximum absolute atomic E-state index is 12.4. The minimum absolute atomic E-state index is 0.184. The molecule has 2 aromatic heterocycles. The highest BCUT2D eigenvalue weighted by atomic mass is 32.2. The maximum Gasteiger partial charge on any atom is 0.265 e. The third-order valence-corrected chi connectivity index (χ3v) is 4.83. The molecule has 0 aliphatic rings. The predicted molar refractivity (Wildman–Crippen MR) is 79.7 cm³/mol. The Morgan fingerprint density at radius 3 is 2.62 bits per heavy atom. The molecule has 0 fully saturated rings. The monoisotopic (exact) mass is 305 g/mol. The van der Waals surface area contributed by atoms with Gasteiger partial charge in [-0.15, -0.1) is 0 Å². The zero-order chi connectivity index (χ0) is 15.2. The number of rotatable bonds is 3. The number of hydrogen-bond donors (Lipinski definition) is 3. The first-order chi connectivity index (χ1) is 9.87. The van der Waals surface area contributed by atoms with Crippen molar-refractivity contribution in [2.75, 3.05) is 4.72 Å². The molecule has 3 N–H and O–H groups in total. The van der Waals surface area contributed by atoms with Crippen LogP contribution in [0.2, 0.25) is 0 Å². The lowest BCUT2D eigenvalue weighted by atomic mass is 10.3. The average Bonchev–Trinajstić information content (AvgIpc) is 2.90. The van der Waals surface area contributed by atoms with E-state index >= 15 is 0 Å². The number of aryl methyl sites for hydroxylation is 3. The first kappa shape index (κ1) is 13.6. The summed E-state index contributed by atoms with van der Waals surface area (Å²) in [4.78, 5) is 7.54. The van der Waals surface area contributed by atoms with Gasteiger partial charge < -0.3 is 4.98 Å². The van der Waals surface area contributed by atoms with E-state index < -0.39 is 10.0 Å². The van der Waals surface area contributed by atoms with E-state index in [4.69, 9.17) is 0 Å². The van der Waals surface area contributed by atoms with Gasteiger partial charge in [0.2, 0.25) is 0 Å². The van der Waals surface area contributed by atoms with Gasteiger partial charge in [0.1, 0.15) is 10.7 Å². The van der Waals surface area contributed by atoms with Crippen LogP contribution in [-0.2, 0) is 10.0 Å². The molecule has 0 aliphatic heterocycles. The molecule has 0 spiro atoms. The van der Waals surface area contributed by atoms with Crippen LogP contribution in [0.1, 0.15) is 17.2 Å². The van der Waals surface area contributed by atoms with Crippen LogP contribution in [0.3, 0.4) is 0 Å². The van der Waals surface area contributed by atoms with Gasteiger partial charge in [-0.05, 0) is 39.0 Å². The van der Waals surface area contributed by atoms with Crippen molar-refractivity contribution in [2.45, 2.75) is 25.7 Å². The number of aromatic amines is 2. The molecule has 7 nitrogen and oxygen atoms in total. The molecule has 8 heteroatoms. The number of anilines is 1. The lowest BCUT2D eigenvalue weighted by Gasteiger charge is -2.08. The van der Waals surface area contributed by atoms with E-state index in [0.717, 1.165) is 16.9 Å². The summed E-state index contributed by atoms with van der Waals surface area (Å²) in [5.74, 6) is 0.784. The number of aromatic nitrogens is 4. The molecule has 3 rings (SSSR count). The molecule has 0 unspecified atom stereocenters. The van der Waals surface area contributed by atoms with E-state index in [1.165, 1.54) is 0 Å². The van der Waals surface area contributed by atoms with Gasteiger partial charge in [-0.2, -0.15) is 5.10 Å². The number of nitrogens with one attached hydrogen (secondary N) is 3. The third kappa shape index (κ3) is 2.38. The number of nitrogens with zero attached hydrogens (tertiary/aromatic N) is 2. The normalized spacial score (nSPS) is 12.0. The zero-order valence-electron chi connectivity index (χ0n) is 11.9. The molecular formula is C13H15N5O2S. The molecule has 2 heterocycles. The van der Waals surface area contributed by atoms with Crippen molar-refractivity contribution in [2.24, 2.45) is 0 Å². The van der Waals surface area contributed by atoms with Crippen LogP contribution in [0.25, 0.3) is 11.0 Å². The Labute approximate surface area is 121 Å². The second kappa shape index (κ2) is 4.59. The van der Waals surface area contributed by atoms with E-state index in [9.17, 15) is 8.42 Å². The molecule has 0 aliphatic carbocycles. The number of hydrogen-bond acceptors (Lipinski definition) is 4. The topological polar surface area (TPSA) is 104 Å². The maximum atomic E-state index is 12.4. The van der Waals surface area contributed by atoms with Gasteiger partial charge in [-0.3, -0.25) is 9.82 Å². The fourth-order valence-corrected chi connectivity index (χ4v) is 3.77. The van der Waals surface area contributed by atoms with Gasteiger partial charge in [0.05, 0.1) is 28.1 Å². The minimum atomic E-state index is -3.67. The van der Waals surface area contributed by atoms with E-state index in [-0.39, 0.29) is 4.90 Å². The van der Waals surface area contributed by atoms with Crippen LogP contribution in [-0.4, -0.2) is 28.6 Å². The van der Waals surface area contributed by atoms with Gasteiger partial charge in [-0.1, -0.05) is 0 Å². The largest absolute Gasteiger partial charge is 0.342 e. The summed E-state index contributed by atoms with van der Waals surface area (Å²) in [6, 6.07) is 5.17. The minimum Gasteiger partial charge on any atom is -0.342 e. The highest BCUT2D eigenvalue weighted by Gasteiger charge is 2.22. The van der Waals surface area contributed by atoms with Crippen LogP contribution >= 0.6 is 0 Å². The van der Waals surface area contributed by atoms with Crippen LogP contribution < -0.4 is 4.72 Å². The second-order valence-electron chi connectivity index (χ2n) is 4.92. The molecule has 3 aromatic rings. The van der Waals surface area contributed by atoms with Crippen molar-refractivity contribution in [1.82, 2.24) is 20.2 Å². The van der Waals surface area contributed by atoms with Gasteiger partial charge in [0.15, 0.2) is 0 Å². The van der Waals surface area contributed by atoms with Crippen molar-refractivity contribution < 1.29 is 8.42 Å². The Kier molecular flexibility index (Phi) is 2.98. The number of H-pyrrole nitrogens is 2. The summed E-state index contributed by atoms with van der Waals surface area (Å²) in [6.07, 6.45) is 0. The van der Waals surface area contributed by atoms with E-state index in [1.807, 2.05) is 6.92 Å². The molecule has 0 radical (unpaired) electrons. The van der Waals surface area contributed by atoms with Crippen molar-refractivity contribution in [3.8, 4) is 0 Å². The summed E-state index contributed by atoms with van der Waals surface area (Å²) in [7, 11) is -3.67. The fourth-order valence-electron chi connectivity index (χ4n) is 2.34. The highest BCUT2D eigenvalue weighted by molar-refractivity contribution is 7.92. The molecule has 1 aromatic carbocycles. The lowest BCUT2D eigenvalue weighted by Crippen LogP contribution is -2.14. The predicted octanol–water partition coefficient (Wildman–Crippen LogP) is 2.01. The van der Waals surface area contributed by atoms with Crippen molar-refractivity contribution >= 4 is 26.7 Å². The zero-order valence-corrected chi connectivity index (χ0v) is 12.7. The first-order valence-corrected chi connectivity index (χ1v) is 7.86. The van der Waals surface area contributed by atoms with Gasteiger partial charge in [0.25, 0.3) is 10.0 Å². The summed E-state index contributed by atoms with van der Waals surface area (Å²) < 4.78 is 27.5. The smallest absolute Gasteiger partial charge is 0.265 e. The quantitative estimate of drug-likeness (QED) is 0.688. The number of benzene rings is 1. The summed E-state index contributed by atoms with van der Waals surface area (Å²) in [5.41, 5.74) is 3.02. The molecule has 0 saturated heterocycles. The Morgan fingerprint density at radius 2 is 1.95 bits per heavy atom. The van der Waals surface area contributed by atoms with Crippen molar-refractivity contribution in [1.29, 1.82) is 0 Å².